The van der Waals surface area contributed by atoms with Crippen LogP contribution >= 0.6 is 24.0 Å². The van der Waals surface area contributed by atoms with Crippen molar-refractivity contribution >= 4 is 52.2 Å². The SMILES string of the molecule is COC(=O)C(C(=O)OC)C1C=CC(C(=O)N2C(=S)SC[C@@H]2Cc2ccccc2)=CN1C(=O)OC. The monoisotopic (exact) mass is 504 g/mol. The van der Waals surface area contributed by atoms with Crippen molar-refractivity contribution in [1.29, 1.82) is 0 Å². The van der Waals surface area contributed by atoms with Crippen molar-refractivity contribution in [3.8, 4) is 0 Å². The topological polar surface area (TPSA) is 102 Å². The predicted molar refractivity (Wildman–Crippen MR) is 129 cm³/mol. The maximum Gasteiger partial charge on any atom is 0.414 e. The van der Waals surface area contributed by atoms with E-state index in [1.54, 1.807) is 0 Å². The van der Waals surface area contributed by atoms with E-state index in [9.17, 15) is 19.2 Å². The molecular formula is C23H24N2O7S2. The second-order valence-corrected chi connectivity index (χ2v) is 9.08. The van der Waals surface area contributed by atoms with Gasteiger partial charge in [-0.25, -0.2) is 4.79 Å². The highest BCUT2D eigenvalue weighted by Gasteiger charge is 2.43. The smallest absolute Gasteiger partial charge is 0.414 e. The Morgan fingerprint density at radius 2 is 1.71 bits per heavy atom. The fourth-order valence-corrected chi connectivity index (χ4v) is 5.17. The van der Waals surface area contributed by atoms with E-state index < -0.39 is 35.9 Å². The molecule has 180 valence electrons. The van der Waals surface area contributed by atoms with Crippen LogP contribution in [0.25, 0.3) is 0 Å². The Balaban J connectivity index is 1.90. The van der Waals surface area contributed by atoms with Crippen molar-refractivity contribution in [2.24, 2.45) is 5.92 Å². The number of hydrogen-bond donors (Lipinski definition) is 0. The van der Waals surface area contributed by atoms with Crippen LogP contribution in [-0.2, 0) is 35.0 Å². The molecule has 1 aromatic carbocycles. The summed E-state index contributed by atoms with van der Waals surface area (Å²) in [5.41, 5.74) is 1.22. The summed E-state index contributed by atoms with van der Waals surface area (Å²) in [4.78, 5) is 53.1. The van der Waals surface area contributed by atoms with Crippen molar-refractivity contribution in [3.05, 3.63) is 59.8 Å². The molecule has 11 heteroatoms. The number of nitrogens with zero attached hydrogens (tertiary/aromatic N) is 2. The highest BCUT2D eigenvalue weighted by atomic mass is 32.2. The van der Waals surface area contributed by atoms with Gasteiger partial charge in [0.2, 0.25) is 0 Å². The molecule has 3 rings (SSSR count). The van der Waals surface area contributed by atoms with Crippen molar-refractivity contribution in [3.63, 3.8) is 0 Å². The van der Waals surface area contributed by atoms with E-state index in [1.165, 1.54) is 35.0 Å². The molecule has 0 aliphatic carbocycles. The summed E-state index contributed by atoms with van der Waals surface area (Å²) in [6.45, 7) is 0. The normalized spacial score (nSPS) is 19.6. The molecule has 2 aliphatic rings. The van der Waals surface area contributed by atoms with E-state index in [4.69, 9.17) is 26.4 Å². The Kier molecular flexibility index (Phi) is 8.46. The first kappa shape index (κ1) is 25.4. The van der Waals surface area contributed by atoms with Gasteiger partial charge in [-0.3, -0.25) is 24.2 Å². The van der Waals surface area contributed by atoms with Gasteiger partial charge < -0.3 is 14.2 Å². The van der Waals surface area contributed by atoms with Gasteiger partial charge in [0, 0.05) is 12.0 Å². The molecule has 2 atom stereocenters. The third-order valence-electron chi connectivity index (χ3n) is 5.45. The Morgan fingerprint density at radius 3 is 2.29 bits per heavy atom. The minimum Gasteiger partial charge on any atom is -0.468 e. The zero-order chi connectivity index (χ0) is 24.8. The first-order chi connectivity index (χ1) is 16.3. The number of carbonyl (C=O) groups is 4. The summed E-state index contributed by atoms with van der Waals surface area (Å²) < 4.78 is 14.7. The van der Waals surface area contributed by atoms with E-state index in [0.717, 1.165) is 31.8 Å². The molecule has 0 N–H and O–H groups in total. The van der Waals surface area contributed by atoms with Gasteiger partial charge in [-0.2, -0.15) is 0 Å². The lowest BCUT2D eigenvalue weighted by atomic mass is 9.94. The molecule has 1 fully saturated rings. The Morgan fingerprint density at radius 1 is 1.06 bits per heavy atom. The summed E-state index contributed by atoms with van der Waals surface area (Å²) >= 11 is 6.85. The number of benzene rings is 1. The number of methoxy groups -OCH3 is 3. The lowest BCUT2D eigenvalue weighted by Crippen LogP contribution is -2.49. The van der Waals surface area contributed by atoms with Crippen LogP contribution < -0.4 is 0 Å². The van der Waals surface area contributed by atoms with E-state index in [-0.39, 0.29) is 11.6 Å². The van der Waals surface area contributed by atoms with Gasteiger partial charge in [0.05, 0.1) is 39.0 Å². The zero-order valence-electron chi connectivity index (χ0n) is 18.8. The minimum absolute atomic E-state index is 0.151. The van der Waals surface area contributed by atoms with Crippen LogP contribution in [0.5, 0.6) is 0 Å². The molecule has 34 heavy (non-hydrogen) atoms. The summed E-state index contributed by atoms with van der Waals surface area (Å²) in [6, 6.07) is 8.48. The van der Waals surface area contributed by atoms with Crippen LogP contribution in [0.15, 0.2) is 54.3 Å². The number of amides is 2. The number of hydrogen-bond acceptors (Lipinski definition) is 9. The number of carbonyl (C=O) groups excluding carboxylic acids is 4. The lowest BCUT2D eigenvalue weighted by molar-refractivity contribution is -0.160. The fraction of sp³-hybridized carbons (Fsp3) is 0.348. The highest BCUT2D eigenvalue weighted by molar-refractivity contribution is 8.23. The van der Waals surface area contributed by atoms with E-state index >= 15 is 0 Å². The van der Waals surface area contributed by atoms with Gasteiger partial charge in [0.1, 0.15) is 4.32 Å². The molecule has 0 spiro atoms. The summed E-state index contributed by atoms with van der Waals surface area (Å²) in [5.74, 6) is -3.00. The van der Waals surface area contributed by atoms with Crippen LogP contribution in [0.1, 0.15) is 5.56 Å². The molecule has 1 saturated heterocycles. The van der Waals surface area contributed by atoms with Crippen LogP contribution in [-0.4, -0.2) is 77.2 Å². The third-order valence-corrected chi connectivity index (χ3v) is 7.00. The van der Waals surface area contributed by atoms with E-state index in [2.05, 4.69) is 0 Å². The van der Waals surface area contributed by atoms with Gasteiger partial charge in [0.25, 0.3) is 5.91 Å². The van der Waals surface area contributed by atoms with Crippen LogP contribution in [0.3, 0.4) is 0 Å². The summed E-state index contributed by atoms with van der Waals surface area (Å²) in [7, 11) is 3.40. The number of ether oxygens (including phenoxy) is 3. The minimum atomic E-state index is -1.47. The quantitative estimate of drug-likeness (QED) is 0.250. The summed E-state index contributed by atoms with van der Waals surface area (Å²) in [6.07, 6.45) is 3.87. The fourth-order valence-electron chi connectivity index (χ4n) is 3.77. The maximum atomic E-state index is 13.5. The second-order valence-electron chi connectivity index (χ2n) is 7.43. The van der Waals surface area contributed by atoms with Crippen molar-refractivity contribution < 1.29 is 33.4 Å². The molecule has 0 radical (unpaired) electrons. The van der Waals surface area contributed by atoms with E-state index in [1.807, 2.05) is 30.3 Å². The Labute approximate surface area is 206 Å². The molecule has 2 amide bonds. The molecule has 2 aliphatic heterocycles. The van der Waals surface area contributed by atoms with Gasteiger partial charge in [-0.1, -0.05) is 60.4 Å². The third kappa shape index (κ3) is 5.31. The highest BCUT2D eigenvalue weighted by Crippen LogP contribution is 2.31. The van der Waals surface area contributed by atoms with Crippen molar-refractivity contribution in [2.75, 3.05) is 27.1 Å². The van der Waals surface area contributed by atoms with Gasteiger partial charge in [-0.05, 0) is 18.1 Å². The molecule has 0 bridgehead atoms. The molecule has 1 unspecified atom stereocenters. The van der Waals surface area contributed by atoms with Crippen LogP contribution in [0, 0.1) is 5.92 Å². The molecular weight excluding hydrogens is 480 g/mol. The number of esters is 2. The first-order valence-corrected chi connectivity index (χ1v) is 11.7. The van der Waals surface area contributed by atoms with Crippen molar-refractivity contribution in [2.45, 2.75) is 18.5 Å². The van der Waals surface area contributed by atoms with Crippen molar-refractivity contribution in [1.82, 2.24) is 9.80 Å². The molecule has 2 heterocycles. The zero-order valence-corrected chi connectivity index (χ0v) is 20.5. The Bertz CT molecular complexity index is 1030. The number of thiocarbonyl (C=S) groups is 1. The molecule has 0 aromatic heterocycles. The average Bonchev–Trinajstić information content (AvgIpc) is 3.23. The second kappa shape index (κ2) is 11.3. The molecule has 0 saturated carbocycles. The molecule has 1 aromatic rings. The molecule has 9 nitrogen and oxygen atoms in total. The van der Waals surface area contributed by atoms with Crippen LogP contribution in [0.4, 0.5) is 4.79 Å². The maximum absolute atomic E-state index is 13.5. The first-order valence-electron chi connectivity index (χ1n) is 10.3. The average molecular weight is 505 g/mol. The predicted octanol–water partition coefficient (Wildman–Crippen LogP) is 2.31. The standard InChI is InChI=1S/C23H24N2O7S2/c1-30-20(27)18(21(28)31-2)17-10-9-15(12-24(17)22(29)32-3)19(26)25-16(13-34-23(25)33)11-14-7-5-4-6-8-14/h4-10,12,16-18H,11,13H2,1-3H3/t16-,17?/m0/s1. The largest absolute Gasteiger partial charge is 0.468 e. The number of thioether (sulfide) groups is 1. The van der Waals surface area contributed by atoms with E-state index in [0.29, 0.717) is 16.5 Å². The van der Waals surface area contributed by atoms with Gasteiger partial charge in [0.15, 0.2) is 5.92 Å². The Hall–Kier alpha value is -3.18. The lowest BCUT2D eigenvalue weighted by Gasteiger charge is -2.33. The van der Waals surface area contributed by atoms with Gasteiger partial charge in [-0.15, -0.1) is 0 Å². The summed E-state index contributed by atoms with van der Waals surface area (Å²) in [5, 5.41) is 0. The van der Waals surface area contributed by atoms with Gasteiger partial charge >= 0.3 is 18.0 Å². The van der Waals surface area contributed by atoms with Crippen LogP contribution in [0.2, 0.25) is 0 Å². The number of rotatable bonds is 6.